The van der Waals surface area contributed by atoms with Gasteiger partial charge in [0, 0.05) is 26.3 Å². The van der Waals surface area contributed by atoms with E-state index in [4.69, 9.17) is 16.3 Å². The van der Waals surface area contributed by atoms with Crippen LogP contribution < -0.4 is 5.32 Å². The van der Waals surface area contributed by atoms with Gasteiger partial charge in [-0.3, -0.25) is 9.48 Å². The van der Waals surface area contributed by atoms with Crippen LogP contribution in [0.15, 0.2) is 35.4 Å². The lowest BCUT2D eigenvalue weighted by Crippen LogP contribution is -2.40. The smallest absolute Gasteiger partial charge is 0.273 e. The van der Waals surface area contributed by atoms with Gasteiger partial charge in [-0.1, -0.05) is 11.6 Å². The number of rotatable bonds is 4. The lowest BCUT2D eigenvalue weighted by Gasteiger charge is -2.26. The maximum absolute atomic E-state index is 12.7. The van der Waals surface area contributed by atoms with Gasteiger partial charge in [0.1, 0.15) is 5.69 Å². The summed E-state index contributed by atoms with van der Waals surface area (Å²) in [5.74, 6) is -0.428. The van der Waals surface area contributed by atoms with Crippen molar-refractivity contribution >= 4 is 33.2 Å². The molecule has 1 aromatic heterocycles. The van der Waals surface area contributed by atoms with E-state index in [1.807, 2.05) is 0 Å². The number of morpholine rings is 1. The van der Waals surface area contributed by atoms with Gasteiger partial charge in [-0.15, -0.1) is 0 Å². The third-order valence-corrected chi connectivity index (χ3v) is 6.07. The van der Waals surface area contributed by atoms with Crippen molar-refractivity contribution in [3.05, 3.63) is 41.2 Å². The number of hydrogen-bond donors (Lipinski definition) is 1. The zero-order valence-electron chi connectivity index (χ0n) is 13.5. The van der Waals surface area contributed by atoms with E-state index in [0.717, 1.165) is 0 Å². The molecule has 2 heterocycles. The van der Waals surface area contributed by atoms with Gasteiger partial charge in [0.15, 0.2) is 0 Å². The first-order chi connectivity index (χ1) is 11.9. The summed E-state index contributed by atoms with van der Waals surface area (Å²) in [7, 11) is -2.04. The van der Waals surface area contributed by atoms with Crippen LogP contribution in [0.25, 0.3) is 0 Å². The Bertz CT molecular complexity index is 891. The Morgan fingerprint density at radius 3 is 2.64 bits per heavy atom. The minimum atomic E-state index is -3.67. The second-order valence-electron chi connectivity index (χ2n) is 5.45. The molecule has 0 atom stereocenters. The molecule has 0 spiro atoms. The number of aryl methyl sites for hydroxylation is 1. The highest BCUT2D eigenvalue weighted by Crippen LogP contribution is 2.27. The summed E-state index contributed by atoms with van der Waals surface area (Å²) >= 11 is 6.11. The van der Waals surface area contributed by atoms with Gasteiger partial charge in [-0.05, 0) is 24.3 Å². The number of sulfonamides is 1. The van der Waals surface area contributed by atoms with Crippen LogP contribution in [0.1, 0.15) is 10.5 Å². The molecule has 134 valence electrons. The molecule has 1 aliphatic heterocycles. The first-order valence-electron chi connectivity index (χ1n) is 7.56. The van der Waals surface area contributed by atoms with Gasteiger partial charge in [-0.2, -0.15) is 9.40 Å². The fraction of sp³-hybridized carbons (Fsp3) is 0.333. The molecule has 1 fully saturated rings. The van der Waals surface area contributed by atoms with Crippen LogP contribution in [-0.2, 0) is 21.8 Å². The molecule has 2 aromatic rings. The normalized spacial score (nSPS) is 15.9. The van der Waals surface area contributed by atoms with E-state index in [1.165, 1.54) is 33.4 Å². The van der Waals surface area contributed by atoms with Crippen molar-refractivity contribution in [3.8, 4) is 0 Å². The molecule has 10 heteroatoms. The van der Waals surface area contributed by atoms with E-state index in [-0.39, 0.29) is 15.6 Å². The number of ether oxygens (including phenoxy) is 1. The third kappa shape index (κ3) is 3.69. The molecule has 3 rings (SSSR count). The molecule has 0 bridgehead atoms. The van der Waals surface area contributed by atoms with Crippen molar-refractivity contribution in [2.24, 2.45) is 7.05 Å². The van der Waals surface area contributed by atoms with Crippen molar-refractivity contribution in [2.75, 3.05) is 31.6 Å². The van der Waals surface area contributed by atoms with E-state index in [9.17, 15) is 13.2 Å². The second-order valence-corrected chi connectivity index (χ2v) is 7.80. The summed E-state index contributed by atoms with van der Waals surface area (Å²) in [6, 6.07) is 5.79. The van der Waals surface area contributed by atoms with Crippen molar-refractivity contribution in [2.45, 2.75) is 4.90 Å². The highest BCUT2D eigenvalue weighted by atomic mass is 35.5. The van der Waals surface area contributed by atoms with Crippen LogP contribution in [-0.4, -0.2) is 54.7 Å². The molecule has 0 saturated carbocycles. The minimum Gasteiger partial charge on any atom is -0.379 e. The first kappa shape index (κ1) is 17.9. The highest BCUT2D eigenvalue weighted by Gasteiger charge is 2.27. The zero-order chi connectivity index (χ0) is 18.0. The second kappa shape index (κ2) is 7.12. The van der Waals surface area contributed by atoms with Gasteiger partial charge >= 0.3 is 0 Å². The first-order valence-corrected chi connectivity index (χ1v) is 9.38. The molecule has 25 heavy (non-hydrogen) atoms. The maximum Gasteiger partial charge on any atom is 0.273 e. The number of benzene rings is 1. The van der Waals surface area contributed by atoms with Crippen molar-refractivity contribution < 1.29 is 17.9 Å². The zero-order valence-corrected chi connectivity index (χ0v) is 15.0. The largest absolute Gasteiger partial charge is 0.379 e. The minimum absolute atomic E-state index is 0.0686. The summed E-state index contributed by atoms with van der Waals surface area (Å²) in [6.45, 7) is 1.30. The number of hydrogen-bond acceptors (Lipinski definition) is 5. The standard InChI is InChI=1S/C15H17ClN4O4S/c1-19-14(4-5-17-19)15(21)18-13-10-11(2-3-12(13)16)25(22,23)20-6-8-24-9-7-20/h2-5,10H,6-9H2,1H3,(H,18,21). The fourth-order valence-electron chi connectivity index (χ4n) is 2.48. The summed E-state index contributed by atoms with van der Waals surface area (Å²) in [4.78, 5) is 12.4. The molecule has 1 amide bonds. The predicted octanol–water partition coefficient (Wildman–Crippen LogP) is 1.35. The van der Waals surface area contributed by atoms with Crippen molar-refractivity contribution in [1.82, 2.24) is 14.1 Å². The number of nitrogens with zero attached hydrogens (tertiary/aromatic N) is 3. The Labute approximate surface area is 150 Å². The van der Waals surface area contributed by atoms with Crippen molar-refractivity contribution in [1.29, 1.82) is 0 Å². The number of halogens is 1. The number of carbonyl (C=O) groups is 1. The molecule has 8 nitrogen and oxygen atoms in total. The quantitative estimate of drug-likeness (QED) is 0.858. The maximum atomic E-state index is 12.7. The number of carbonyl (C=O) groups excluding carboxylic acids is 1. The fourth-order valence-corrected chi connectivity index (χ4v) is 4.08. The highest BCUT2D eigenvalue weighted by molar-refractivity contribution is 7.89. The van der Waals surface area contributed by atoms with Crippen LogP contribution in [0, 0.1) is 0 Å². The molecule has 0 radical (unpaired) electrons. The molecule has 1 N–H and O–H groups in total. The summed E-state index contributed by atoms with van der Waals surface area (Å²) in [6.07, 6.45) is 1.50. The average Bonchev–Trinajstić information content (AvgIpc) is 3.03. The monoisotopic (exact) mass is 384 g/mol. The molecule has 1 aliphatic rings. The van der Waals surface area contributed by atoms with Gasteiger partial charge in [0.2, 0.25) is 10.0 Å². The Hall–Kier alpha value is -1.94. The van der Waals surface area contributed by atoms with E-state index in [0.29, 0.717) is 32.0 Å². The van der Waals surface area contributed by atoms with Crippen molar-refractivity contribution in [3.63, 3.8) is 0 Å². The van der Waals surface area contributed by atoms with E-state index in [1.54, 1.807) is 13.1 Å². The molecular weight excluding hydrogens is 368 g/mol. The number of aromatic nitrogens is 2. The van der Waals surface area contributed by atoms with Crippen LogP contribution in [0.5, 0.6) is 0 Å². The topological polar surface area (TPSA) is 93.5 Å². The van der Waals surface area contributed by atoms with Gasteiger partial charge in [0.25, 0.3) is 5.91 Å². The Balaban J connectivity index is 1.88. The number of amides is 1. The number of nitrogens with one attached hydrogen (secondary N) is 1. The predicted molar refractivity (Wildman–Crippen MR) is 92.2 cm³/mol. The van der Waals surface area contributed by atoms with Gasteiger partial charge in [0.05, 0.1) is 28.8 Å². The lowest BCUT2D eigenvalue weighted by molar-refractivity contribution is 0.0730. The van der Waals surface area contributed by atoms with Crippen LogP contribution in [0.4, 0.5) is 5.69 Å². The van der Waals surface area contributed by atoms with Crippen LogP contribution >= 0.6 is 11.6 Å². The molecule has 1 aromatic carbocycles. The summed E-state index contributed by atoms with van der Waals surface area (Å²) in [5.41, 5.74) is 0.555. The Kier molecular flexibility index (Phi) is 5.09. The van der Waals surface area contributed by atoms with Gasteiger partial charge in [-0.25, -0.2) is 8.42 Å². The SMILES string of the molecule is Cn1nccc1C(=O)Nc1cc(S(=O)(=O)N2CCOCC2)ccc1Cl. The van der Waals surface area contributed by atoms with Crippen LogP contribution in [0.3, 0.4) is 0 Å². The van der Waals surface area contributed by atoms with Crippen LogP contribution in [0.2, 0.25) is 5.02 Å². The third-order valence-electron chi connectivity index (χ3n) is 3.85. The van der Waals surface area contributed by atoms with Gasteiger partial charge < -0.3 is 10.1 Å². The Morgan fingerprint density at radius 1 is 1.28 bits per heavy atom. The average molecular weight is 385 g/mol. The molecule has 1 saturated heterocycles. The molecule has 0 aliphatic carbocycles. The van der Waals surface area contributed by atoms with E-state index < -0.39 is 15.9 Å². The summed E-state index contributed by atoms with van der Waals surface area (Å²) in [5, 5.41) is 6.80. The molecular formula is C15H17ClN4O4S. The number of anilines is 1. The van der Waals surface area contributed by atoms with E-state index in [2.05, 4.69) is 10.4 Å². The Morgan fingerprint density at radius 2 is 2.00 bits per heavy atom. The van der Waals surface area contributed by atoms with E-state index >= 15 is 0 Å². The summed E-state index contributed by atoms with van der Waals surface area (Å²) < 4.78 is 33.4. The molecule has 0 unspecified atom stereocenters. The lowest BCUT2D eigenvalue weighted by atomic mass is 10.3.